The molecule has 0 aliphatic carbocycles. The lowest BCUT2D eigenvalue weighted by atomic mass is 10.2. The fourth-order valence-electron chi connectivity index (χ4n) is 0.880. The smallest absolute Gasteiger partial charge is 0.261 e. The molecule has 0 aromatic carbocycles. The van der Waals surface area contributed by atoms with Crippen molar-refractivity contribution in [2.75, 3.05) is 11.5 Å². The molecule has 5 N–H and O–H groups in total. The first-order valence-corrected chi connectivity index (χ1v) is 3.84. The normalized spacial score (nSPS) is 10.6. The van der Waals surface area contributed by atoms with E-state index in [1.54, 1.807) is 0 Å². The molecular formula is C8H10N4O2. The molecule has 0 atom stereocenters. The van der Waals surface area contributed by atoms with Crippen molar-refractivity contribution in [2.24, 2.45) is 0 Å². The molecule has 1 rings (SSSR count). The number of H-pyrrole nitrogens is 1. The van der Waals surface area contributed by atoms with E-state index in [-0.39, 0.29) is 23.1 Å². The van der Waals surface area contributed by atoms with Crippen LogP contribution in [0.3, 0.4) is 0 Å². The highest BCUT2D eigenvalue weighted by Gasteiger charge is 2.03. The highest BCUT2D eigenvalue weighted by molar-refractivity contribution is 5.92. The average Bonchev–Trinajstić information content (AvgIpc) is 2.01. The van der Waals surface area contributed by atoms with E-state index in [9.17, 15) is 9.59 Å². The summed E-state index contributed by atoms with van der Waals surface area (Å²) in [6.45, 7) is 1.37. The Morgan fingerprint density at radius 2 is 2.14 bits per heavy atom. The summed E-state index contributed by atoms with van der Waals surface area (Å²) < 4.78 is 0. The summed E-state index contributed by atoms with van der Waals surface area (Å²) in [5, 5.41) is 0. The molecule has 0 unspecified atom stereocenters. The van der Waals surface area contributed by atoms with Crippen LogP contribution in [0.4, 0.5) is 11.8 Å². The van der Waals surface area contributed by atoms with E-state index in [0.717, 1.165) is 0 Å². The molecule has 74 valence electrons. The zero-order chi connectivity index (χ0) is 10.7. The van der Waals surface area contributed by atoms with Crippen LogP contribution in [0, 0.1) is 0 Å². The molecule has 0 amide bonds. The second kappa shape index (κ2) is 3.73. The number of anilines is 2. The molecule has 0 fully saturated rings. The van der Waals surface area contributed by atoms with Gasteiger partial charge in [-0.2, -0.15) is 4.98 Å². The van der Waals surface area contributed by atoms with Crippen molar-refractivity contribution in [2.45, 2.75) is 6.92 Å². The number of hydrogen-bond donors (Lipinski definition) is 3. The van der Waals surface area contributed by atoms with Crippen LogP contribution < -0.4 is 17.0 Å². The summed E-state index contributed by atoms with van der Waals surface area (Å²) in [5.74, 6) is -0.225. The number of nitrogens with zero attached hydrogens (tertiary/aromatic N) is 1. The maximum absolute atomic E-state index is 11.3. The van der Waals surface area contributed by atoms with Gasteiger partial charge in [0.1, 0.15) is 5.82 Å². The molecule has 0 aliphatic heterocycles. The number of nitrogens with one attached hydrogen (secondary N) is 1. The van der Waals surface area contributed by atoms with Gasteiger partial charge in [0.2, 0.25) is 5.95 Å². The van der Waals surface area contributed by atoms with Gasteiger partial charge in [-0.05, 0) is 19.1 Å². The Bertz CT molecular complexity index is 447. The van der Waals surface area contributed by atoms with Crippen molar-refractivity contribution in [3.8, 4) is 0 Å². The van der Waals surface area contributed by atoms with E-state index in [0.29, 0.717) is 0 Å². The number of rotatable bonds is 2. The molecule has 14 heavy (non-hydrogen) atoms. The second-order valence-corrected chi connectivity index (χ2v) is 2.69. The monoisotopic (exact) mass is 194 g/mol. The average molecular weight is 194 g/mol. The fourth-order valence-corrected chi connectivity index (χ4v) is 0.880. The quantitative estimate of drug-likeness (QED) is 0.551. The summed E-state index contributed by atoms with van der Waals surface area (Å²) in [4.78, 5) is 27.8. The molecule has 1 aromatic rings. The Hall–Kier alpha value is -2.11. The Balaban J connectivity index is 3.22. The predicted molar refractivity (Wildman–Crippen MR) is 53.4 cm³/mol. The van der Waals surface area contributed by atoms with E-state index < -0.39 is 5.56 Å². The third-order valence-electron chi connectivity index (χ3n) is 1.49. The zero-order valence-corrected chi connectivity index (χ0v) is 7.57. The Labute approximate surface area is 79.6 Å². The molecule has 0 bridgehead atoms. The van der Waals surface area contributed by atoms with E-state index in [4.69, 9.17) is 11.5 Å². The van der Waals surface area contributed by atoms with Crippen LogP contribution in [-0.4, -0.2) is 15.8 Å². The molecule has 0 saturated heterocycles. The number of nitrogens with two attached hydrogens (primary N) is 2. The van der Waals surface area contributed by atoms with Crippen molar-refractivity contribution in [3.05, 3.63) is 22.0 Å². The summed E-state index contributed by atoms with van der Waals surface area (Å²) in [6.07, 6.45) is 2.54. The highest BCUT2D eigenvalue weighted by atomic mass is 16.1. The van der Waals surface area contributed by atoms with Gasteiger partial charge >= 0.3 is 0 Å². The first kappa shape index (κ1) is 9.97. The summed E-state index contributed by atoms with van der Waals surface area (Å²) >= 11 is 0. The zero-order valence-electron chi connectivity index (χ0n) is 7.57. The maximum atomic E-state index is 11.3. The van der Waals surface area contributed by atoms with Crippen LogP contribution >= 0.6 is 0 Å². The van der Waals surface area contributed by atoms with Crippen LogP contribution in [0.2, 0.25) is 0 Å². The van der Waals surface area contributed by atoms with Crippen LogP contribution in [-0.2, 0) is 4.79 Å². The molecule has 0 radical (unpaired) electrons. The van der Waals surface area contributed by atoms with E-state index in [1.165, 1.54) is 19.1 Å². The molecule has 1 aromatic heterocycles. The van der Waals surface area contributed by atoms with Gasteiger partial charge in [0, 0.05) is 0 Å². The Morgan fingerprint density at radius 3 is 2.64 bits per heavy atom. The molecule has 6 heteroatoms. The third-order valence-corrected chi connectivity index (χ3v) is 1.49. The van der Waals surface area contributed by atoms with Crippen LogP contribution in [0.5, 0.6) is 0 Å². The number of carbonyl (C=O) groups is 1. The minimum atomic E-state index is -0.465. The highest BCUT2D eigenvalue weighted by Crippen LogP contribution is 2.05. The van der Waals surface area contributed by atoms with Gasteiger partial charge in [-0.15, -0.1) is 0 Å². The Morgan fingerprint density at radius 1 is 1.50 bits per heavy atom. The van der Waals surface area contributed by atoms with Crippen molar-refractivity contribution >= 4 is 23.6 Å². The first-order chi connectivity index (χ1) is 6.50. The Kier molecular flexibility index (Phi) is 2.66. The van der Waals surface area contributed by atoms with Crippen LogP contribution in [0.25, 0.3) is 6.08 Å². The van der Waals surface area contributed by atoms with Gasteiger partial charge in [0.25, 0.3) is 5.56 Å². The number of aromatic amines is 1. The number of nitrogen functional groups attached to an aromatic ring is 2. The van der Waals surface area contributed by atoms with E-state index >= 15 is 0 Å². The number of carbonyl (C=O) groups excluding carboxylic acids is 1. The van der Waals surface area contributed by atoms with Gasteiger partial charge in [-0.25, -0.2) is 0 Å². The molecule has 0 spiro atoms. The standard InChI is InChI=1S/C8H10N4O2/c1-4(13)2-3-5-6(9)11-8(10)12-7(5)14/h2-3H,1H3,(H5,9,10,11,12,14)/b3-2+. The van der Waals surface area contributed by atoms with Crippen LogP contribution in [0.1, 0.15) is 12.5 Å². The van der Waals surface area contributed by atoms with Crippen molar-refractivity contribution < 1.29 is 4.79 Å². The summed E-state index contributed by atoms with van der Waals surface area (Å²) in [6, 6.07) is 0. The summed E-state index contributed by atoms with van der Waals surface area (Å²) in [5.41, 5.74) is 10.3. The maximum Gasteiger partial charge on any atom is 0.261 e. The van der Waals surface area contributed by atoms with Gasteiger partial charge in [-0.3, -0.25) is 14.6 Å². The lowest BCUT2D eigenvalue weighted by Gasteiger charge is -1.98. The van der Waals surface area contributed by atoms with Crippen molar-refractivity contribution in [1.82, 2.24) is 9.97 Å². The van der Waals surface area contributed by atoms with Gasteiger partial charge in [0.15, 0.2) is 5.78 Å². The minimum Gasteiger partial charge on any atom is -0.383 e. The van der Waals surface area contributed by atoms with Crippen LogP contribution in [0.15, 0.2) is 10.9 Å². The second-order valence-electron chi connectivity index (χ2n) is 2.69. The molecule has 0 saturated carbocycles. The lowest BCUT2D eigenvalue weighted by molar-refractivity contribution is -0.112. The van der Waals surface area contributed by atoms with E-state index in [1.807, 2.05) is 0 Å². The molecule has 6 nitrogen and oxygen atoms in total. The van der Waals surface area contributed by atoms with Crippen molar-refractivity contribution in [3.63, 3.8) is 0 Å². The predicted octanol–water partition coefficient (Wildman–Crippen LogP) is -0.464. The largest absolute Gasteiger partial charge is 0.383 e. The number of aromatic nitrogens is 2. The minimum absolute atomic E-state index is 0.00347. The topological polar surface area (TPSA) is 115 Å². The number of hydrogen-bond acceptors (Lipinski definition) is 5. The molecule has 1 heterocycles. The lowest BCUT2D eigenvalue weighted by Crippen LogP contribution is -2.16. The van der Waals surface area contributed by atoms with Gasteiger partial charge in [0.05, 0.1) is 5.56 Å². The van der Waals surface area contributed by atoms with Gasteiger partial charge < -0.3 is 11.5 Å². The molecular weight excluding hydrogens is 184 g/mol. The number of ketones is 1. The van der Waals surface area contributed by atoms with Crippen molar-refractivity contribution in [1.29, 1.82) is 0 Å². The van der Waals surface area contributed by atoms with Gasteiger partial charge in [-0.1, -0.05) is 0 Å². The van der Waals surface area contributed by atoms with E-state index in [2.05, 4.69) is 9.97 Å². The third kappa shape index (κ3) is 2.19. The molecule has 0 aliphatic rings. The number of allylic oxidation sites excluding steroid dienone is 1. The fraction of sp³-hybridized carbons (Fsp3) is 0.125. The SMILES string of the molecule is CC(=O)/C=C/c1c(N)nc(N)[nH]c1=O. The summed E-state index contributed by atoms with van der Waals surface area (Å²) in [7, 11) is 0. The first-order valence-electron chi connectivity index (χ1n) is 3.84.